The summed E-state index contributed by atoms with van der Waals surface area (Å²) in [6.45, 7) is 0.646. The van der Waals surface area contributed by atoms with Crippen molar-refractivity contribution >= 4 is 23.1 Å². The second kappa shape index (κ2) is 3.85. The Bertz CT molecular complexity index is 203. The van der Waals surface area contributed by atoms with Gasteiger partial charge in [0.2, 0.25) is 4.47 Å². The number of aromatic nitrogens is 2. The molecule has 0 fully saturated rings. The summed E-state index contributed by atoms with van der Waals surface area (Å²) in [4.78, 5) is 3.94. The molecule has 1 rings (SSSR count). The molecule has 0 aliphatic carbocycles. The first-order valence-corrected chi connectivity index (χ1v) is 3.95. The highest BCUT2D eigenvalue weighted by atomic mass is 35.5. The lowest BCUT2D eigenvalue weighted by Crippen LogP contribution is -1.95. The molecule has 5 heteroatoms. The van der Waals surface area contributed by atoms with Crippen LogP contribution in [0, 0.1) is 0 Å². The molecule has 0 spiro atoms. The van der Waals surface area contributed by atoms with Crippen molar-refractivity contribution in [2.75, 3.05) is 13.7 Å². The van der Waals surface area contributed by atoms with Gasteiger partial charge in [-0.1, -0.05) is 0 Å². The molecule has 0 N–H and O–H groups in total. The number of nitrogens with zero attached hydrogens (tertiary/aromatic N) is 2. The molecular weight excluding hydrogens is 172 g/mol. The van der Waals surface area contributed by atoms with Gasteiger partial charge in [-0.3, -0.25) is 0 Å². The van der Waals surface area contributed by atoms with E-state index < -0.39 is 0 Å². The zero-order valence-corrected chi connectivity index (χ0v) is 7.08. The Morgan fingerprint density at radius 1 is 1.70 bits per heavy atom. The van der Waals surface area contributed by atoms with E-state index in [-0.39, 0.29) is 0 Å². The van der Waals surface area contributed by atoms with Gasteiger partial charge in [0.25, 0.3) is 0 Å². The van der Waals surface area contributed by atoms with Crippen LogP contribution in [0.25, 0.3) is 0 Å². The van der Waals surface area contributed by atoms with Crippen molar-refractivity contribution in [1.29, 1.82) is 0 Å². The molecule has 0 radical (unpaired) electrons. The summed E-state index contributed by atoms with van der Waals surface area (Å²) in [5, 5.41) is 0. The number of rotatable bonds is 3. The summed E-state index contributed by atoms with van der Waals surface area (Å²) in [6.07, 6.45) is 0.736. The van der Waals surface area contributed by atoms with Gasteiger partial charge in [-0.25, -0.2) is 4.98 Å². The summed E-state index contributed by atoms with van der Waals surface area (Å²) < 4.78 is 9.30. The van der Waals surface area contributed by atoms with Crippen LogP contribution in [0.1, 0.15) is 5.82 Å². The van der Waals surface area contributed by atoms with Gasteiger partial charge < -0.3 is 4.74 Å². The molecule has 0 aromatic carbocycles. The maximum atomic E-state index is 5.54. The first kappa shape index (κ1) is 7.91. The molecule has 1 heterocycles. The van der Waals surface area contributed by atoms with Crippen molar-refractivity contribution in [2.45, 2.75) is 6.42 Å². The van der Waals surface area contributed by atoms with Gasteiger partial charge in [-0.2, -0.15) is 4.37 Å². The van der Waals surface area contributed by atoms with Crippen LogP contribution in [0.5, 0.6) is 0 Å². The molecule has 3 nitrogen and oxygen atoms in total. The van der Waals surface area contributed by atoms with Crippen molar-refractivity contribution in [1.82, 2.24) is 9.36 Å². The van der Waals surface area contributed by atoms with E-state index in [0.29, 0.717) is 11.1 Å². The maximum absolute atomic E-state index is 5.54. The van der Waals surface area contributed by atoms with Gasteiger partial charge in [0.1, 0.15) is 5.82 Å². The van der Waals surface area contributed by atoms with E-state index in [1.54, 1.807) is 7.11 Å². The lowest BCUT2D eigenvalue weighted by atomic mass is 10.4. The first-order valence-electron chi connectivity index (χ1n) is 2.80. The Morgan fingerprint density at radius 3 is 3.00 bits per heavy atom. The molecular formula is C5H7ClN2OS. The highest BCUT2D eigenvalue weighted by Crippen LogP contribution is 2.10. The van der Waals surface area contributed by atoms with Crippen molar-refractivity contribution in [3.05, 3.63) is 10.3 Å². The first-order chi connectivity index (χ1) is 4.83. The molecule has 56 valence electrons. The molecule has 0 saturated heterocycles. The van der Waals surface area contributed by atoms with E-state index in [1.165, 1.54) is 11.5 Å². The molecule has 0 atom stereocenters. The van der Waals surface area contributed by atoms with Crippen LogP contribution in [-0.2, 0) is 11.2 Å². The highest BCUT2D eigenvalue weighted by molar-refractivity contribution is 7.10. The van der Waals surface area contributed by atoms with Crippen molar-refractivity contribution < 1.29 is 4.74 Å². The average molecular weight is 179 g/mol. The molecule has 0 unspecified atom stereocenters. The molecule has 0 bridgehead atoms. The van der Waals surface area contributed by atoms with Gasteiger partial charge in [-0.15, -0.1) is 0 Å². The lowest BCUT2D eigenvalue weighted by Gasteiger charge is -1.90. The molecule has 0 saturated carbocycles. The summed E-state index contributed by atoms with van der Waals surface area (Å²) in [6, 6.07) is 0. The summed E-state index contributed by atoms with van der Waals surface area (Å²) >= 11 is 6.75. The predicted octanol–water partition coefficient (Wildman–Crippen LogP) is 1.38. The molecule has 0 aliphatic heterocycles. The number of hydrogen-bond donors (Lipinski definition) is 0. The van der Waals surface area contributed by atoms with Gasteiger partial charge in [0, 0.05) is 13.5 Å². The van der Waals surface area contributed by atoms with E-state index in [1.807, 2.05) is 0 Å². The van der Waals surface area contributed by atoms with Crippen LogP contribution in [0.4, 0.5) is 0 Å². The minimum absolute atomic E-state index is 0.492. The molecule has 0 amide bonds. The van der Waals surface area contributed by atoms with E-state index in [4.69, 9.17) is 16.3 Å². The Kier molecular flexibility index (Phi) is 3.05. The summed E-state index contributed by atoms with van der Waals surface area (Å²) in [7, 11) is 1.65. The van der Waals surface area contributed by atoms with Crippen molar-refractivity contribution in [2.24, 2.45) is 0 Å². The van der Waals surface area contributed by atoms with Crippen molar-refractivity contribution in [3.8, 4) is 0 Å². The topological polar surface area (TPSA) is 35.0 Å². The number of methoxy groups -OCH3 is 1. The Morgan fingerprint density at radius 2 is 2.50 bits per heavy atom. The minimum atomic E-state index is 0.492. The average Bonchev–Trinajstić information content (AvgIpc) is 2.31. The number of halogens is 1. The van der Waals surface area contributed by atoms with Crippen LogP contribution in [0.3, 0.4) is 0 Å². The normalized spacial score (nSPS) is 10.2. The van der Waals surface area contributed by atoms with E-state index in [9.17, 15) is 0 Å². The Balaban J connectivity index is 2.42. The van der Waals surface area contributed by atoms with Crippen LogP contribution in [-0.4, -0.2) is 23.1 Å². The Hall–Kier alpha value is -0.190. The lowest BCUT2D eigenvalue weighted by molar-refractivity contribution is 0.201. The van der Waals surface area contributed by atoms with Crippen LogP contribution in [0.2, 0.25) is 4.47 Å². The SMILES string of the molecule is COCCc1nsc(Cl)n1. The summed E-state index contributed by atoms with van der Waals surface area (Å²) in [5.74, 6) is 0.761. The maximum Gasteiger partial charge on any atom is 0.203 e. The summed E-state index contributed by atoms with van der Waals surface area (Å²) in [5.41, 5.74) is 0. The van der Waals surface area contributed by atoms with Gasteiger partial charge in [-0.05, 0) is 23.1 Å². The molecule has 1 aromatic heterocycles. The van der Waals surface area contributed by atoms with Crippen LogP contribution in [0.15, 0.2) is 0 Å². The Labute approximate surface area is 68.2 Å². The fourth-order valence-corrected chi connectivity index (χ4v) is 1.19. The smallest absolute Gasteiger partial charge is 0.203 e. The monoisotopic (exact) mass is 178 g/mol. The standard InChI is InChI=1S/C5H7ClN2OS/c1-9-3-2-4-7-5(6)10-8-4/h2-3H2,1H3. The quantitative estimate of drug-likeness (QED) is 0.702. The predicted molar refractivity (Wildman–Crippen MR) is 40.5 cm³/mol. The fraction of sp³-hybridized carbons (Fsp3) is 0.600. The second-order valence-electron chi connectivity index (χ2n) is 1.71. The van der Waals surface area contributed by atoms with Gasteiger partial charge in [0.15, 0.2) is 0 Å². The minimum Gasteiger partial charge on any atom is -0.384 e. The fourth-order valence-electron chi connectivity index (χ4n) is 0.528. The van der Waals surface area contributed by atoms with Crippen molar-refractivity contribution in [3.63, 3.8) is 0 Å². The van der Waals surface area contributed by atoms with Crippen LogP contribution < -0.4 is 0 Å². The third kappa shape index (κ3) is 2.21. The zero-order chi connectivity index (χ0) is 7.40. The zero-order valence-electron chi connectivity index (χ0n) is 5.50. The molecule has 10 heavy (non-hydrogen) atoms. The van der Waals surface area contributed by atoms with Gasteiger partial charge >= 0.3 is 0 Å². The third-order valence-corrected chi connectivity index (χ3v) is 1.81. The van der Waals surface area contributed by atoms with Crippen LogP contribution >= 0.6 is 23.1 Å². The van der Waals surface area contributed by atoms with E-state index in [2.05, 4.69) is 9.36 Å². The van der Waals surface area contributed by atoms with E-state index >= 15 is 0 Å². The highest BCUT2D eigenvalue weighted by Gasteiger charge is 1.99. The second-order valence-corrected chi connectivity index (χ2v) is 3.04. The number of hydrogen-bond acceptors (Lipinski definition) is 4. The van der Waals surface area contributed by atoms with Gasteiger partial charge in [0.05, 0.1) is 6.61 Å². The third-order valence-electron chi connectivity index (χ3n) is 0.973. The number of ether oxygens (including phenoxy) is 1. The van der Waals surface area contributed by atoms with E-state index in [0.717, 1.165) is 12.2 Å². The molecule has 1 aromatic rings. The molecule has 0 aliphatic rings. The largest absolute Gasteiger partial charge is 0.384 e.